The highest BCUT2D eigenvalue weighted by Gasteiger charge is 2.47. The van der Waals surface area contributed by atoms with Crippen molar-refractivity contribution in [2.24, 2.45) is 17.8 Å². The van der Waals surface area contributed by atoms with Crippen LogP contribution in [-0.4, -0.2) is 28.2 Å². The maximum absolute atomic E-state index is 11.9. The van der Waals surface area contributed by atoms with Gasteiger partial charge in [-0.25, -0.2) is 0 Å². The molecule has 0 heterocycles. The first-order chi connectivity index (χ1) is 8.36. The van der Waals surface area contributed by atoms with E-state index in [9.17, 15) is 15.0 Å². The molecule has 18 heavy (non-hydrogen) atoms. The number of ketones is 1. The minimum absolute atomic E-state index is 0.000463. The number of hydrogen-bond acceptors (Lipinski definition) is 3. The van der Waals surface area contributed by atoms with Crippen LogP contribution in [0.25, 0.3) is 0 Å². The van der Waals surface area contributed by atoms with E-state index < -0.39 is 12.2 Å². The number of Topliss-reactive ketones (excluding diaryl/α,β-unsaturated/α-hetero) is 1. The molecule has 1 fully saturated rings. The third-order valence-corrected chi connectivity index (χ3v) is 4.65. The Morgan fingerprint density at radius 1 is 1.28 bits per heavy atom. The second-order valence-electron chi connectivity index (χ2n) is 5.87. The molecular formula is C15H22O3. The molecule has 2 N–H and O–H groups in total. The van der Waals surface area contributed by atoms with Crippen LogP contribution in [0.2, 0.25) is 0 Å². The maximum atomic E-state index is 11.9. The minimum Gasteiger partial charge on any atom is -0.388 e. The summed E-state index contributed by atoms with van der Waals surface area (Å²) >= 11 is 0. The summed E-state index contributed by atoms with van der Waals surface area (Å²) in [6, 6.07) is 0. The molecule has 2 aliphatic rings. The van der Waals surface area contributed by atoms with Crippen molar-refractivity contribution in [3.8, 4) is 0 Å². The van der Waals surface area contributed by atoms with Gasteiger partial charge in [0.05, 0.1) is 6.10 Å². The van der Waals surface area contributed by atoms with Gasteiger partial charge in [-0.15, -0.1) is 0 Å². The first-order valence-electron chi connectivity index (χ1n) is 6.62. The van der Waals surface area contributed by atoms with Gasteiger partial charge >= 0.3 is 0 Å². The van der Waals surface area contributed by atoms with Crippen molar-refractivity contribution in [3.05, 3.63) is 23.3 Å². The zero-order chi connectivity index (χ0) is 13.6. The van der Waals surface area contributed by atoms with Crippen LogP contribution in [0, 0.1) is 17.8 Å². The fraction of sp³-hybridized carbons (Fsp3) is 0.667. The van der Waals surface area contributed by atoms with E-state index in [4.69, 9.17) is 0 Å². The Balaban J connectivity index is 2.47. The molecule has 2 rings (SSSR count). The van der Waals surface area contributed by atoms with Gasteiger partial charge in [0.2, 0.25) is 0 Å². The lowest BCUT2D eigenvalue weighted by Gasteiger charge is -2.26. The second-order valence-corrected chi connectivity index (χ2v) is 5.87. The van der Waals surface area contributed by atoms with Crippen molar-refractivity contribution < 1.29 is 15.0 Å². The van der Waals surface area contributed by atoms with E-state index in [-0.39, 0.29) is 23.5 Å². The summed E-state index contributed by atoms with van der Waals surface area (Å²) in [6.45, 7) is 9.63. The average Bonchev–Trinajstić information content (AvgIpc) is 2.45. The van der Waals surface area contributed by atoms with Crippen molar-refractivity contribution in [1.82, 2.24) is 0 Å². The largest absolute Gasteiger partial charge is 0.388 e. The lowest BCUT2D eigenvalue weighted by Crippen LogP contribution is -2.30. The smallest absolute Gasteiger partial charge is 0.187 e. The molecular weight excluding hydrogens is 228 g/mol. The number of rotatable bonds is 1. The van der Waals surface area contributed by atoms with Gasteiger partial charge in [-0.05, 0) is 43.8 Å². The van der Waals surface area contributed by atoms with E-state index in [0.717, 1.165) is 24.0 Å². The number of hydrogen-bond donors (Lipinski definition) is 2. The summed E-state index contributed by atoms with van der Waals surface area (Å²) in [4.78, 5) is 11.9. The SMILES string of the molecule is C=C(C)[C@@H]1CC[C@H](C)C2C(=C(C)C(=O)[C@H]2O)[C@H]1O. The molecule has 5 atom stereocenters. The van der Waals surface area contributed by atoms with Crippen molar-refractivity contribution in [3.63, 3.8) is 0 Å². The second kappa shape index (κ2) is 4.63. The van der Waals surface area contributed by atoms with Crippen molar-refractivity contribution in [1.29, 1.82) is 0 Å². The van der Waals surface area contributed by atoms with Crippen LogP contribution in [0.3, 0.4) is 0 Å². The Morgan fingerprint density at radius 2 is 1.89 bits per heavy atom. The predicted octanol–water partition coefficient (Wildman–Crippen LogP) is 1.85. The van der Waals surface area contributed by atoms with Crippen LogP contribution < -0.4 is 0 Å². The van der Waals surface area contributed by atoms with Gasteiger partial charge in [0.25, 0.3) is 0 Å². The molecule has 1 saturated carbocycles. The molecule has 0 aliphatic heterocycles. The van der Waals surface area contributed by atoms with Crippen LogP contribution in [0.5, 0.6) is 0 Å². The van der Waals surface area contributed by atoms with Crippen LogP contribution in [0.15, 0.2) is 23.3 Å². The molecule has 0 aromatic rings. The van der Waals surface area contributed by atoms with E-state index in [1.54, 1.807) is 6.92 Å². The zero-order valence-corrected chi connectivity index (χ0v) is 11.3. The number of aliphatic hydroxyl groups excluding tert-OH is 2. The van der Waals surface area contributed by atoms with Gasteiger partial charge < -0.3 is 10.2 Å². The normalized spacial score (nSPS) is 40.7. The van der Waals surface area contributed by atoms with Gasteiger partial charge in [0.15, 0.2) is 5.78 Å². The summed E-state index contributed by atoms with van der Waals surface area (Å²) in [5.41, 5.74) is 2.26. The first-order valence-corrected chi connectivity index (χ1v) is 6.62. The number of fused-ring (bicyclic) bond motifs is 1. The summed E-state index contributed by atoms with van der Waals surface area (Å²) in [5, 5.41) is 20.6. The van der Waals surface area contributed by atoms with Crippen LogP contribution in [0.4, 0.5) is 0 Å². The summed E-state index contributed by atoms with van der Waals surface area (Å²) < 4.78 is 0. The molecule has 0 radical (unpaired) electrons. The van der Waals surface area contributed by atoms with Crippen LogP contribution in [0.1, 0.15) is 33.6 Å². The van der Waals surface area contributed by atoms with Gasteiger partial charge in [0.1, 0.15) is 6.10 Å². The fourth-order valence-electron chi connectivity index (χ4n) is 3.50. The van der Waals surface area contributed by atoms with Gasteiger partial charge in [-0.1, -0.05) is 19.1 Å². The van der Waals surface area contributed by atoms with Gasteiger partial charge in [-0.2, -0.15) is 0 Å². The quantitative estimate of drug-likeness (QED) is 0.698. The lowest BCUT2D eigenvalue weighted by atomic mass is 9.83. The molecule has 2 aliphatic carbocycles. The minimum atomic E-state index is -0.964. The Kier molecular flexibility index (Phi) is 3.47. The topological polar surface area (TPSA) is 57.5 Å². The highest BCUT2D eigenvalue weighted by atomic mass is 16.3. The molecule has 1 unspecified atom stereocenters. The molecule has 0 amide bonds. The Hall–Kier alpha value is -0.930. The Labute approximate surface area is 108 Å². The third kappa shape index (κ3) is 1.86. The Morgan fingerprint density at radius 3 is 2.44 bits per heavy atom. The van der Waals surface area contributed by atoms with Gasteiger partial charge in [0, 0.05) is 11.8 Å². The number of aliphatic hydroxyl groups is 2. The van der Waals surface area contributed by atoms with Crippen molar-refractivity contribution in [2.45, 2.75) is 45.8 Å². The molecule has 3 heteroatoms. The summed E-state index contributed by atoms with van der Waals surface area (Å²) in [7, 11) is 0. The standard InChI is InChI=1S/C15H22O3/c1-7(2)10-6-5-8(3)11-12(14(10)17)9(4)13(16)15(11)18/h8,10-11,14-15,17-18H,1,5-6H2,2-4H3/t8-,10-,11?,14-,15-/m0/s1. The van der Waals surface area contributed by atoms with Crippen molar-refractivity contribution >= 4 is 5.78 Å². The molecule has 0 bridgehead atoms. The molecule has 0 aromatic carbocycles. The van der Waals surface area contributed by atoms with Crippen LogP contribution in [-0.2, 0) is 4.79 Å². The molecule has 0 spiro atoms. The molecule has 100 valence electrons. The molecule has 3 nitrogen and oxygen atoms in total. The monoisotopic (exact) mass is 250 g/mol. The number of carbonyl (C=O) groups excluding carboxylic acids is 1. The van der Waals surface area contributed by atoms with E-state index >= 15 is 0 Å². The van der Waals surface area contributed by atoms with Gasteiger partial charge in [-0.3, -0.25) is 4.79 Å². The highest BCUT2D eigenvalue weighted by Crippen LogP contribution is 2.45. The maximum Gasteiger partial charge on any atom is 0.187 e. The van der Waals surface area contributed by atoms with E-state index in [2.05, 4.69) is 6.58 Å². The van der Waals surface area contributed by atoms with E-state index in [0.29, 0.717) is 5.57 Å². The lowest BCUT2D eigenvalue weighted by molar-refractivity contribution is -0.124. The van der Waals surface area contributed by atoms with Crippen LogP contribution >= 0.6 is 0 Å². The zero-order valence-electron chi connectivity index (χ0n) is 11.3. The summed E-state index contributed by atoms with van der Waals surface area (Å²) in [5.74, 6) is -0.212. The van der Waals surface area contributed by atoms with Crippen molar-refractivity contribution in [2.75, 3.05) is 0 Å². The number of carbonyl (C=O) groups is 1. The molecule has 0 aromatic heterocycles. The van der Waals surface area contributed by atoms with E-state index in [1.165, 1.54) is 0 Å². The fourth-order valence-corrected chi connectivity index (χ4v) is 3.50. The predicted molar refractivity (Wildman–Crippen MR) is 69.9 cm³/mol. The molecule has 0 saturated heterocycles. The van der Waals surface area contributed by atoms with E-state index in [1.807, 2.05) is 13.8 Å². The third-order valence-electron chi connectivity index (χ3n) is 4.65. The average molecular weight is 250 g/mol. The highest BCUT2D eigenvalue weighted by molar-refractivity contribution is 6.02. The first kappa shape index (κ1) is 13.5. The summed E-state index contributed by atoms with van der Waals surface area (Å²) in [6.07, 6.45) is 0.138. The Bertz CT molecular complexity index is 421.